The lowest BCUT2D eigenvalue weighted by Crippen LogP contribution is -2.41. The molecule has 1 atom stereocenters. The maximum atomic E-state index is 12.7. The third kappa shape index (κ3) is 2.44. The summed E-state index contributed by atoms with van der Waals surface area (Å²) in [5, 5.41) is 3.83. The standard InChI is InChI=1S/C15H16N2O3/c1-11-9-14(16-20-11)15(18)17(13-7-8-19-10-13)12-5-3-2-4-6-12/h2-6,9,13H,7-8,10H2,1H3/t13-/m1/s1. The molecule has 2 heterocycles. The number of nitrogens with zero attached hydrogens (tertiary/aromatic N) is 2. The van der Waals surface area contributed by atoms with Crippen molar-refractivity contribution in [1.82, 2.24) is 5.16 Å². The van der Waals surface area contributed by atoms with Crippen LogP contribution >= 0.6 is 0 Å². The molecule has 1 aromatic heterocycles. The van der Waals surface area contributed by atoms with E-state index in [0.29, 0.717) is 24.7 Å². The van der Waals surface area contributed by atoms with Crippen molar-refractivity contribution >= 4 is 11.6 Å². The van der Waals surface area contributed by atoms with E-state index >= 15 is 0 Å². The highest BCUT2D eigenvalue weighted by molar-refractivity contribution is 6.05. The van der Waals surface area contributed by atoms with Gasteiger partial charge < -0.3 is 14.2 Å². The van der Waals surface area contributed by atoms with Gasteiger partial charge in [-0.25, -0.2) is 0 Å². The number of aromatic nitrogens is 1. The zero-order valence-corrected chi connectivity index (χ0v) is 11.3. The zero-order valence-electron chi connectivity index (χ0n) is 11.3. The smallest absolute Gasteiger partial charge is 0.280 e. The van der Waals surface area contributed by atoms with Crippen LogP contribution in [-0.4, -0.2) is 30.3 Å². The van der Waals surface area contributed by atoms with Gasteiger partial charge in [0.1, 0.15) is 5.76 Å². The van der Waals surface area contributed by atoms with E-state index in [4.69, 9.17) is 9.26 Å². The molecule has 20 heavy (non-hydrogen) atoms. The van der Waals surface area contributed by atoms with Gasteiger partial charge in [-0.05, 0) is 25.5 Å². The highest BCUT2D eigenvalue weighted by Crippen LogP contribution is 2.24. The number of hydrogen-bond donors (Lipinski definition) is 0. The van der Waals surface area contributed by atoms with Crippen LogP contribution in [0.1, 0.15) is 22.7 Å². The summed E-state index contributed by atoms with van der Waals surface area (Å²) < 4.78 is 10.4. The van der Waals surface area contributed by atoms with E-state index in [1.165, 1.54) is 0 Å². The molecule has 1 amide bonds. The second-order valence-electron chi connectivity index (χ2n) is 4.85. The van der Waals surface area contributed by atoms with Gasteiger partial charge in [-0.15, -0.1) is 0 Å². The lowest BCUT2D eigenvalue weighted by atomic mass is 10.1. The maximum absolute atomic E-state index is 12.7. The van der Waals surface area contributed by atoms with Crippen LogP contribution in [-0.2, 0) is 4.74 Å². The van der Waals surface area contributed by atoms with Gasteiger partial charge in [0.15, 0.2) is 5.69 Å². The molecular weight excluding hydrogens is 256 g/mol. The molecule has 3 rings (SSSR count). The minimum absolute atomic E-state index is 0.0434. The number of anilines is 1. The Bertz CT molecular complexity index is 588. The second-order valence-corrected chi connectivity index (χ2v) is 4.85. The number of ether oxygens (including phenoxy) is 1. The Labute approximate surface area is 117 Å². The molecule has 0 aliphatic carbocycles. The molecule has 0 spiro atoms. The van der Waals surface area contributed by atoms with Crippen LogP contribution in [0.2, 0.25) is 0 Å². The number of carbonyl (C=O) groups is 1. The van der Waals surface area contributed by atoms with Gasteiger partial charge >= 0.3 is 0 Å². The fraction of sp³-hybridized carbons (Fsp3) is 0.333. The first-order valence-corrected chi connectivity index (χ1v) is 6.65. The van der Waals surface area contributed by atoms with Crippen LogP contribution in [0.4, 0.5) is 5.69 Å². The molecule has 2 aromatic rings. The van der Waals surface area contributed by atoms with Gasteiger partial charge in [0, 0.05) is 18.4 Å². The van der Waals surface area contributed by atoms with Crippen LogP contribution in [0.25, 0.3) is 0 Å². The molecule has 0 radical (unpaired) electrons. The first-order valence-electron chi connectivity index (χ1n) is 6.65. The summed E-state index contributed by atoms with van der Waals surface area (Å²) in [5.74, 6) is 0.479. The van der Waals surface area contributed by atoms with Crippen molar-refractivity contribution in [2.75, 3.05) is 18.1 Å². The van der Waals surface area contributed by atoms with Crippen molar-refractivity contribution in [3.05, 3.63) is 47.9 Å². The summed E-state index contributed by atoms with van der Waals surface area (Å²) in [7, 11) is 0. The zero-order chi connectivity index (χ0) is 13.9. The Morgan fingerprint density at radius 3 is 2.75 bits per heavy atom. The lowest BCUT2D eigenvalue weighted by molar-refractivity contribution is 0.0963. The summed E-state index contributed by atoms with van der Waals surface area (Å²) in [6.45, 7) is 3.01. The fourth-order valence-electron chi connectivity index (χ4n) is 2.40. The average molecular weight is 272 g/mol. The Balaban J connectivity index is 1.95. The van der Waals surface area contributed by atoms with E-state index in [1.54, 1.807) is 17.9 Å². The summed E-state index contributed by atoms with van der Waals surface area (Å²) in [5.41, 5.74) is 1.19. The Morgan fingerprint density at radius 2 is 2.15 bits per heavy atom. The molecule has 1 aromatic carbocycles. The van der Waals surface area contributed by atoms with Crippen LogP contribution in [0.3, 0.4) is 0 Å². The molecule has 0 N–H and O–H groups in total. The minimum atomic E-state index is -0.149. The highest BCUT2D eigenvalue weighted by Gasteiger charge is 2.30. The van der Waals surface area contributed by atoms with Crippen molar-refractivity contribution in [3.8, 4) is 0 Å². The van der Waals surface area contributed by atoms with Crippen molar-refractivity contribution in [2.45, 2.75) is 19.4 Å². The van der Waals surface area contributed by atoms with Crippen LogP contribution in [0.15, 0.2) is 40.9 Å². The minimum Gasteiger partial charge on any atom is -0.379 e. The summed E-state index contributed by atoms with van der Waals surface area (Å²) in [6.07, 6.45) is 0.831. The Hall–Kier alpha value is -2.14. The monoisotopic (exact) mass is 272 g/mol. The van der Waals surface area contributed by atoms with E-state index in [-0.39, 0.29) is 11.9 Å². The Kier molecular flexibility index (Phi) is 3.52. The molecule has 1 fully saturated rings. The third-order valence-corrected chi connectivity index (χ3v) is 3.37. The van der Waals surface area contributed by atoms with Crippen molar-refractivity contribution in [2.24, 2.45) is 0 Å². The predicted molar refractivity (Wildman–Crippen MR) is 73.7 cm³/mol. The molecule has 0 saturated carbocycles. The average Bonchev–Trinajstić information content (AvgIpc) is 3.12. The second kappa shape index (κ2) is 5.46. The highest BCUT2D eigenvalue weighted by atomic mass is 16.5. The number of para-hydroxylation sites is 1. The fourth-order valence-corrected chi connectivity index (χ4v) is 2.40. The van der Waals surface area contributed by atoms with Gasteiger partial charge in [-0.1, -0.05) is 23.4 Å². The molecular formula is C15H16N2O3. The molecule has 5 heteroatoms. The van der Waals surface area contributed by atoms with Gasteiger partial charge in [0.2, 0.25) is 0 Å². The maximum Gasteiger partial charge on any atom is 0.280 e. The van der Waals surface area contributed by atoms with Crippen molar-refractivity contribution in [3.63, 3.8) is 0 Å². The summed E-state index contributed by atoms with van der Waals surface area (Å²) in [6, 6.07) is 11.3. The topological polar surface area (TPSA) is 55.6 Å². The molecule has 0 unspecified atom stereocenters. The summed E-state index contributed by atoms with van der Waals surface area (Å²) >= 11 is 0. The molecule has 1 aliphatic rings. The van der Waals surface area contributed by atoms with Gasteiger partial charge in [-0.2, -0.15) is 0 Å². The van der Waals surface area contributed by atoms with Crippen molar-refractivity contribution < 1.29 is 14.1 Å². The number of rotatable bonds is 3. The van der Waals surface area contributed by atoms with E-state index in [2.05, 4.69) is 5.16 Å². The predicted octanol–water partition coefficient (Wildman–Crippen LogP) is 2.42. The van der Waals surface area contributed by atoms with E-state index in [1.807, 2.05) is 30.3 Å². The molecule has 1 saturated heterocycles. The van der Waals surface area contributed by atoms with Gasteiger partial charge in [0.05, 0.1) is 12.6 Å². The van der Waals surface area contributed by atoms with Crippen LogP contribution < -0.4 is 4.90 Å². The number of amides is 1. The van der Waals surface area contributed by atoms with E-state index < -0.39 is 0 Å². The number of carbonyl (C=O) groups excluding carboxylic acids is 1. The summed E-state index contributed by atoms with van der Waals surface area (Å²) in [4.78, 5) is 14.4. The number of hydrogen-bond acceptors (Lipinski definition) is 4. The third-order valence-electron chi connectivity index (χ3n) is 3.37. The van der Waals surface area contributed by atoms with Crippen molar-refractivity contribution in [1.29, 1.82) is 0 Å². The quantitative estimate of drug-likeness (QED) is 0.861. The molecule has 1 aliphatic heterocycles. The van der Waals surface area contributed by atoms with Gasteiger partial charge in [-0.3, -0.25) is 4.79 Å². The van der Waals surface area contributed by atoms with Crippen LogP contribution in [0.5, 0.6) is 0 Å². The first-order chi connectivity index (χ1) is 9.75. The first kappa shape index (κ1) is 12.9. The normalized spacial score (nSPS) is 18.1. The number of benzene rings is 1. The lowest BCUT2D eigenvalue weighted by Gasteiger charge is -2.27. The van der Waals surface area contributed by atoms with Crippen LogP contribution in [0, 0.1) is 6.92 Å². The molecule has 0 bridgehead atoms. The number of aryl methyl sites for hydroxylation is 1. The SMILES string of the molecule is Cc1cc(C(=O)N(c2ccccc2)[C@@H]2CCOC2)no1. The van der Waals surface area contributed by atoms with Gasteiger partial charge in [0.25, 0.3) is 5.91 Å². The van der Waals surface area contributed by atoms with E-state index in [9.17, 15) is 4.79 Å². The molecule has 104 valence electrons. The largest absolute Gasteiger partial charge is 0.379 e. The Morgan fingerprint density at radius 1 is 1.35 bits per heavy atom. The molecule has 5 nitrogen and oxygen atoms in total. The van der Waals surface area contributed by atoms with E-state index in [0.717, 1.165) is 12.1 Å².